The minimum Gasteiger partial charge on any atom is -0.387 e. The molecule has 3 aromatic rings. The Bertz CT molecular complexity index is 1020. The lowest BCUT2D eigenvalue weighted by atomic mass is 9.95. The summed E-state index contributed by atoms with van der Waals surface area (Å²) in [5.41, 5.74) is 2.27. The molecule has 138 valence electrons. The van der Waals surface area contributed by atoms with Gasteiger partial charge in [-0.2, -0.15) is 4.31 Å². The van der Waals surface area contributed by atoms with Crippen LogP contribution in [0.3, 0.4) is 0 Å². The van der Waals surface area contributed by atoms with Crippen LogP contribution in [0, 0.1) is 0 Å². The molecule has 1 aromatic heterocycles. The van der Waals surface area contributed by atoms with Crippen molar-refractivity contribution in [2.24, 2.45) is 0 Å². The predicted octanol–water partition coefficient (Wildman–Crippen LogP) is 2.93. The minimum absolute atomic E-state index is 0.180. The third-order valence-corrected chi connectivity index (χ3v) is 6.88. The summed E-state index contributed by atoms with van der Waals surface area (Å²) in [4.78, 5) is 4.19. The molecule has 5 nitrogen and oxygen atoms in total. The molecule has 4 rings (SSSR count). The number of nitrogens with zero attached hydrogens (tertiary/aromatic N) is 2. The number of aromatic nitrogens is 1. The normalized spacial score (nSPS) is 21.5. The predicted molar refractivity (Wildman–Crippen MR) is 102 cm³/mol. The maximum absolute atomic E-state index is 13.4. The largest absolute Gasteiger partial charge is 0.387 e. The zero-order chi connectivity index (χ0) is 18.9. The van der Waals surface area contributed by atoms with Crippen molar-refractivity contribution in [3.63, 3.8) is 0 Å². The summed E-state index contributed by atoms with van der Waals surface area (Å²) in [7, 11) is -3.73. The number of pyridine rings is 1. The highest BCUT2D eigenvalue weighted by molar-refractivity contribution is 7.89. The van der Waals surface area contributed by atoms with E-state index in [-0.39, 0.29) is 11.4 Å². The van der Waals surface area contributed by atoms with E-state index >= 15 is 0 Å². The second kappa shape index (κ2) is 7.23. The smallest absolute Gasteiger partial charge is 0.244 e. The molecule has 1 N–H and O–H groups in total. The molecule has 0 radical (unpaired) electrons. The summed E-state index contributed by atoms with van der Waals surface area (Å²) >= 11 is 0. The Labute approximate surface area is 159 Å². The molecule has 0 unspecified atom stereocenters. The Kier molecular flexibility index (Phi) is 4.78. The Morgan fingerprint density at radius 3 is 2.30 bits per heavy atom. The van der Waals surface area contributed by atoms with Crippen molar-refractivity contribution in [2.45, 2.75) is 30.0 Å². The van der Waals surface area contributed by atoms with E-state index in [9.17, 15) is 13.5 Å². The first-order valence-electron chi connectivity index (χ1n) is 8.79. The molecule has 0 spiro atoms. The van der Waals surface area contributed by atoms with E-state index in [1.807, 2.05) is 42.5 Å². The Balaban J connectivity index is 1.80. The van der Waals surface area contributed by atoms with Crippen LogP contribution < -0.4 is 0 Å². The molecule has 0 amide bonds. The molecule has 1 aliphatic rings. The van der Waals surface area contributed by atoms with E-state index in [4.69, 9.17) is 0 Å². The molecular weight excluding hydrogens is 360 g/mol. The van der Waals surface area contributed by atoms with Gasteiger partial charge in [-0.25, -0.2) is 8.42 Å². The quantitative estimate of drug-likeness (QED) is 0.756. The molecule has 1 aliphatic heterocycles. The van der Waals surface area contributed by atoms with Gasteiger partial charge in [-0.05, 0) is 35.7 Å². The molecule has 0 fully saturated rings. The van der Waals surface area contributed by atoms with Crippen LogP contribution in [0.1, 0.15) is 22.8 Å². The average molecular weight is 380 g/mol. The van der Waals surface area contributed by atoms with Crippen LogP contribution in [0.2, 0.25) is 0 Å². The average Bonchev–Trinajstić information content (AvgIpc) is 2.71. The molecule has 27 heavy (non-hydrogen) atoms. The van der Waals surface area contributed by atoms with Crippen LogP contribution in [0.25, 0.3) is 0 Å². The van der Waals surface area contributed by atoms with E-state index in [1.165, 1.54) is 4.31 Å². The number of benzene rings is 2. The first kappa shape index (κ1) is 17.9. The van der Waals surface area contributed by atoms with Gasteiger partial charge in [0, 0.05) is 24.5 Å². The molecule has 0 bridgehead atoms. The summed E-state index contributed by atoms with van der Waals surface area (Å²) in [6.45, 7) is 0.213. The van der Waals surface area contributed by atoms with Gasteiger partial charge in [0.2, 0.25) is 10.0 Å². The molecule has 0 saturated heterocycles. The van der Waals surface area contributed by atoms with E-state index < -0.39 is 22.2 Å². The number of hydrogen-bond acceptors (Lipinski definition) is 4. The van der Waals surface area contributed by atoms with Gasteiger partial charge in [-0.3, -0.25) is 4.98 Å². The third kappa shape index (κ3) is 3.39. The van der Waals surface area contributed by atoms with Gasteiger partial charge in [0.1, 0.15) is 0 Å². The molecular formula is C21H20N2O3S. The SMILES string of the molecule is O=S1(=O)c2ccccc2[C@H](O)[C@H](Cc2ccncc2)N1Cc1ccccc1. The van der Waals surface area contributed by atoms with Gasteiger partial charge in [0.25, 0.3) is 0 Å². The van der Waals surface area contributed by atoms with Crippen LogP contribution in [-0.4, -0.2) is 28.9 Å². The monoisotopic (exact) mass is 380 g/mol. The fourth-order valence-corrected chi connectivity index (χ4v) is 5.42. The first-order chi connectivity index (χ1) is 13.1. The van der Waals surface area contributed by atoms with E-state index in [2.05, 4.69) is 4.98 Å². The van der Waals surface area contributed by atoms with E-state index in [0.29, 0.717) is 12.0 Å². The van der Waals surface area contributed by atoms with Crippen LogP contribution in [0.5, 0.6) is 0 Å². The lowest BCUT2D eigenvalue weighted by Crippen LogP contribution is -2.48. The number of fused-ring (bicyclic) bond motifs is 1. The summed E-state index contributed by atoms with van der Waals surface area (Å²) in [5.74, 6) is 0. The molecule has 2 atom stereocenters. The van der Waals surface area contributed by atoms with E-state index in [0.717, 1.165) is 11.1 Å². The molecule has 2 heterocycles. The molecule has 2 aromatic carbocycles. The summed E-state index contributed by atoms with van der Waals surface area (Å²) in [6, 6.07) is 19.3. The Morgan fingerprint density at radius 2 is 1.56 bits per heavy atom. The Morgan fingerprint density at radius 1 is 0.889 bits per heavy atom. The number of aliphatic hydroxyl groups excluding tert-OH is 1. The van der Waals surface area contributed by atoms with Crippen LogP contribution >= 0.6 is 0 Å². The molecule has 0 aliphatic carbocycles. The highest BCUT2D eigenvalue weighted by Gasteiger charge is 2.43. The summed E-state index contributed by atoms with van der Waals surface area (Å²) in [6.07, 6.45) is 2.86. The Hall–Kier alpha value is -2.54. The van der Waals surface area contributed by atoms with Crippen molar-refractivity contribution in [1.82, 2.24) is 9.29 Å². The summed E-state index contributed by atoms with van der Waals surface area (Å²) in [5, 5.41) is 11.0. The van der Waals surface area contributed by atoms with Crippen LogP contribution in [0.4, 0.5) is 0 Å². The first-order valence-corrected chi connectivity index (χ1v) is 10.2. The van der Waals surface area contributed by atoms with Crippen molar-refractivity contribution in [3.05, 3.63) is 95.8 Å². The lowest BCUT2D eigenvalue weighted by molar-refractivity contribution is 0.0769. The van der Waals surface area contributed by atoms with Gasteiger partial charge in [-0.15, -0.1) is 0 Å². The third-order valence-electron chi connectivity index (χ3n) is 4.93. The van der Waals surface area contributed by atoms with Crippen molar-refractivity contribution < 1.29 is 13.5 Å². The zero-order valence-corrected chi connectivity index (χ0v) is 15.5. The van der Waals surface area contributed by atoms with Crippen LogP contribution in [-0.2, 0) is 23.0 Å². The van der Waals surface area contributed by atoms with Gasteiger partial charge in [0.15, 0.2) is 0 Å². The molecule has 6 heteroatoms. The van der Waals surface area contributed by atoms with E-state index in [1.54, 1.807) is 36.7 Å². The topological polar surface area (TPSA) is 70.5 Å². The minimum atomic E-state index is -3.73. The standard InChI is InChI=1S/C21H20N2O3S/c24-21-18-8-4-5-9-20(18)27(25,26)23(15-17-6-2-1-3-7-17)19(21)14-16-10-12-22-13-11-16/h1-13,19,21,24H,14-15H2/t19-,21-/m0/s1. The fraction of sp³-hybridized carbons (Fsp3) is 0.190. The van der Waals surface area contributed by atoms with Gasteiger partial charge in [-0.1, -0.05) is 48.5 Å². The number of aliphatic hydroxyl groups is 1. The lowest BCUT2D eigenvalue weighted by Gasteiger charge is -2.39. The second-order valence-corrected chi connectivity index (χ2v) is 8.50. The second-order valence-electron chi connectivity index (χ2n) is 6.65. The molecule has 0 saturated carbocycles. The van der Waals surface area contributed by atoms with Gasteiger partial charge >= 0.3 is 0 Å². The van der Waals surface area contributed by atoms with Crippen molar-refractivity contribution in [1.29, 1.82) is 0 Å². The van der Waals surface area contributed by atoms with Gasteiger partial charge < -0.3 is 5.11 Å². The highest BCUT2D eigenvalue weighted by Crippen LogP contribution is 2.38. The van der Waals surface area contributed by atoms with Gasteiger partial charge in [0.05, 0.1) is 17.0 Å². The number of rotatable bonds is 4. The number of sulfonamides is 1. The van der Waals surface area contributed by atoms with Crippen molar-refractivity contribution in [3.8, 4) is 0 Å². The summed E-state index contributed by atoms with van der Waals surface area (Å²) < 4.78 is 28.1. The maximum atomic E-state index is 13.4. The van der Waals surface area contributed by atoms with Crippen molar-refractivity contribution >= 4 is 10.0 Å². The van der Waals surface area contributed by atoms with Crippen LogP contribution in [0.15, 0.2) is 84.0 Å². The fourth-order valence-electron chi connectivity index (χ4n) is 3.57. The maximum Gasteiger partial charge on any atom is 0.244 e. The van der Waals surface area contributed by atoms with Crippen molar-refractivity contribution in [2.75, 3.05) is 0 Å². The number of hydrogen-bond donors (Lipinski definition) is 1. The highest BCUT2D eigenvalue weighted by atomic mass is 32.2. The zero-order valence-electron chi connectivity index (χ0n) is 14.6.